The summed E-state index contributed by atoms with van der Waals surface area (Å²) >= 11 is 0. The van der Waals surface area contributed by atoms with Crippen molar-refractivity contribution in [2.24, 2.45) is 0 Å². The summed E-state index contributed by atoms with van der Waals surface area (Å²) in [6.07, 6.45) is 0. The molecule has 2 aromatic carbocycles. The van der Waals surface area contributed by atoms with Gasteiger partial charge in [-0.3, -0.25) is 0 Å². The normalized spacial score (nSPS) is 10.6. The highest BCUT2D eigenvalue weighted by atomic mass is 16.5. The van der Waals surface area contributed by atoms with Gasteiger partial charge in [0.05, 0.1) is 5.56 Å². The molecule has 5 heteroatoms. The third kappa shape index (κ3) is 3.46. The molecule has 0 aliphatic rings. The zero-order valence-electron chi connectivity index (χ0n) is 13.4. The molecule has 1 N–H and O–H groups in total. The summed E-state index contributed by atoms with van der Waals surface area (Å²) in [5.41, 5.74) is 2.84. The molecule has 3 rings (SSSR count). The van der Waals surface area contributed by atoms with Gasteiger partial charge >= 0.3 is 5.97 Å². The highest BCUT2D eigenvalue weighted by Gasteiger charge is 2.13. The number of nitrogens with zero attached hydrogens (tertiary/aromatic N) is 1. The number of rotatable bonds is 5. The summed E-state index contributed by atoms with van der Waals surface area (Å²) in [5, 5.41) is 8.93. The Balaban J connectivity index is 1.74. The van der Waals surface area contributed by atoms with Crippen LogP contribution in [0.25, 0.3) is 11.5 Å². The summed E-state index contributed by atoms with van der Waals surface area (Å²) in [4.78, 5) is 15.3. The Morgan fingerprint density at radius 2 is 1.75 bits per heavy atom. The van der Waals surface area contributed by atoms with Gasteiger partial charge in [-0.1, -0.05) is 17.7 Å². The number of hydrogen-bond donors (Lipinski definition) is 1. The first-order chi connectivity index (χ1) is 11.5. The van der Waals surface area contributed by atoms with E-state index in [9.17, 15) is 4.79 Å². The molecule has 0 radical (unpaired) electrons. The van der Waals surface area contributed by atoms with Gasteiger partial charge in [0.15, 0.2) is 0 Å². The van der Waals surface area contributed by atoms with Crippen molar-refractivity contribution < 1.29 is 19.1 Å². The summed E-state index contributed by atoms with van der Waals surface area (Å²) in [5.74, 6) is 0.944. The van der Waals surface area contributed by atoms with Crippen LogP contribution in [0.3, 0.4) is 0 Å². The minimum absolute atomic E-state index is 0.227. The van der Waals surface area contributed by atoms with Crippen molar-refractivity contribution in [1.82, 2.24) is 4.98 Å². The van der Waals surface area contributed by atoms with Crippen LogP contribution >= 0.6 is 0 Å². The number of benzene rings is 2. The van der Waals surface area contributed by atoms with Crippen molar-refractivity contribution in [2.75, 3.05) is 0 Å². The van der Waals surface area contributed by atoms with E-state index >= 15 is 0 Å². The van der Waals surface area contributed by atoms with Crippen LogP contribution in [0.15, 0.2) is 52.9 Å². The monoisotopic (exact) mass is 323 g/mol. The minimum Gasteiger partial charge on any atom is -0.487 e. The fraction of sp³-hybridized carbons (Fsp3) is 0.158. The zero-order valence-corrected chi connectivity index (χ0v) is 13.4. The van der Waals surface area contributed by atoms with Gasteiger partial charge in [0.1, 0.15) is 23.8 Å². The van der Waals surface area contributed by atoms with Gasteiger partial charge in [-0.05, 0) is 50.2 Å². The van der Waals surface area contributed by atoms with Gasteiger partial charge in [0.25, 0.3) is 0 Å². The van der Waals surface area contributed by atoms with E-state index in [0.717, 1.165) is 11.3 Å². The quantitative estimate of drug-likeness (QED) is 0.760. The molecule has 5 nitrogen and oxygen atoms in total. The van der Waals surface area contributed by atoms with Crippen LogP contribution in [0, 0.1) is 13.8 Å². The van der Waals surface area contributed by atoms with E-state index in [2.05, 4.69) is 4.98 Å². The second kappa shape index (κ2) is 6.58. The van der Waals surface area contributed by atoms with Crippen molar-refractivity contribution in [3.63, 3.8) is 0 Å². The number of ether oxygens (including phenoxy) is 1. The average molecular weight is 323 g/mol. The highest BCUT2D eigenvalue weighted by molar-refractivity contribution is 5.88. The topological polar surface area (TPSA) is 72.6 Å². The number of carbonyl (C=O) groups is 1. The zero-order chi connectivity index (χ0) is 17.1. The second-order valence-electron chi connectivity index (χ2n) is 5.51. The van der Waals surface area contributed by atoms with E-state index in [0.29, 0.717) is 24.0 Å². The molecule has 1 heterocycles. The van der Waals surface area contributed by atoms with Crippen LogP contribution in [0.4, 0.5) is 0 Å². The fourth-order valence-corrected chi connectivity index (χ4v) is 2.23. The Kier molecular flexibility index (Phi) is 4.33. The van der Waals surface area contributed by atoms with Gasteiger partial charge in [-0.15, -0.1) is 0 Å². The van der Waals surface area contributed by atoms with E-state index in [1.165, 1.54) is 17.7 Å². The number of carboxylic acid groups (broad SMARTS) is 1. The van der Waals surface area contributed by atoms with E-state index in [4.69, 9.17) is 14.3 Å². The lowest BCUT2D eigenvalue weighted by molar-refractivity contribution is 0.0697. The van der Waals surface area contributed by atoms with Crippen LogP contribution in [-0.2, 0) is 6.61 Å². The molecule has 3 aromatic rings. The minimum atomic E-state index is -0.961. The number of aromatic nitrogens is 1. The Hall–Kier alpha value is -3.08. The van der Waals surface area contributed by atoms with Crippen molar-refractivity contribution in [3.05, 3.63) is 71.1 Å². The smallest absolute Gasteiger partial charge is 0.335 e. The maximum Gasteiger partial charge on any atom is 0.335 e. The SMILES string of the molecule is Cc1ccc(OCc2nc(-c3ccc(C(=O)O)cc3)oc2C)cc1. The first kappa shape index (κ1) is 15.8. The third-order valence-electron chi connectivity index (χ3n) is 3.67. The number of aromatic carboxylic acids is 1. The standard InChI is InChI=1S/C19H17NO4/c1-12-3-9-16(10-4-12)23-11-17-13(2)24-18(20-17)14-5-7-15(8-6-14)19(21)22/h3-10H,11H2,1-2H3,(H,21,22). The van der Waals surface area contributed by atoms with Crippen molar-refractivity contribution in [3.8, 4) is 17.2 Å². The van der Waals surface area contributed by atoms with Gasteiger partial charge < -0.3 is 14.3 Å². The molecule has 24 heavy (non-hydrogen) atoms. The van der Waals surface area contributed by atoms with Crippen LogP contribution in [0.5, 0.6) is 5.75 Å². The van der Waals surface area contributed by atoms with Crippen molar-refractivity contribution in [2.45, 2.75) is 20.5 Å². The average Bonchev–Trinajstić information content (AvgIpc) is 2.95. The first-order valence-corrected chi connectivity index (χ1v) is 7.52. The number of carboxylic acids is 1. The van der Waals surface area contributed by atoms with Gasteiger partial charge in [-0.25, -0.2) is 9.78 Å². The Labute approximate surface area is 139 Å². The summed E-state index contributed by atoms with van der Waals surface area (Å²) in [6, 6.07) is 14.2. The molecule has 0 atom stereocenters. The van der Waals surface area contributed by atoms with Crippen LogP contribution < -0.4 is 4.74 Å². The molecule has 0 saturated carbocycles. The number of oxazole rings is 1. The lowest BCUT2D eigenvalue weighted by Gasteiger charge is -2.04. The van der Waals surface area contributed by atoms with Gasteiger partial charge in [0.2, 0.25) is 5.89 Å². The van der Waals surface area contributed by atoms with Crippen molar-refractivity contribution >= 4 is 5.97 Å². The molecule has 0 unspecified atom stereocenters. The molecule has 0 aliphatic heterocycles. The highest BCUT2D eigenvalue weighted by Crippen LogP contribution is 2.23. The number of hydrogen-bond acceptors (Lipinski definition) is 4. The van der Waals surface area contributed by atoms with E-state index in [1.54, 1.807) is 12.1 Å². The largest absolute Gasteiger partial charge is 0.487 e. The molecular weight excluding hydrogens is 306 g/mol. The van der Waals surface area contributed by atoms with E-state index in [1.807, 2.05) is 38.1 Å². The molecule has 0 spiro atoms. The molecule has 0 fully saturated rings. The predicted molar refractivity (Wildman–Crippen MR) is 89.1 cm³/mol. The Bertz CT molecular complexity index is 848. The van der Waals surface area contributed by atoms with Crippen LogP contribution in [-0.4, -0.2) is 16.1 Å². The van der Waals surface area contributed by atoms with Gasteiger partial charge in [-0.2, -0.15) is 0 Å². The Morgan fingerprint density at radius 1 is 1.08 bits per heavy atom. The first-order valence-electron chi connectivity index (χ1n) is 7.52. The molecule has 0 aliphatic carbocycles. The molecule has 122 valence electrons. The summed E-state index contributed by atoms with van der Waals surface area (Å²) < 4.78 is 11.4. The van der Waals surface area contributed by atoms with Gasteiger partial charge in [0, 0.05) is 5.56 Å². The lowest BCUT2D eigenvalue weighted by atomic mass is 10.1. The molecule has 0 amide bonds. The molecule has 0 saturated heterocycles. The summed E-state index contributed by atoms with van der Waals surface area (Å²) in [7, 11) is 0. The fourth-order valence-electron chi connectivity index (χ4n) is 2.23. The van der Waals surface area contributed by atoms with Crippen LogP contribution in [0.1, 0.15) is 27.4 Å². The maximum atomic E-state index is 10.9. The van der Waals surface area contributed by atoms with Crippen molar-refractivity contribution in [1.29, 1.82) is 0 Å². The van der Waals surface area contributed by atoms with E-state index in [-0.39, 0.29) is 5.56 Å². The van der Waals surface area contributed by atoms with Crippen LogP contribution in [0.2, 0.25) is 0 Å². The maximum absolute atomic E-state index is 10.9. The van der Waals surface area contributed by atoms with E-state index < -0.39 is 5.97 Å². The molecule has 0 bridgehead atoms. The Morgan fingerprint density at radius 3 is 2.38 bits per heavy atom. The molecule has 1 aromatic heterocycles. The predicted octanol–water partition coefficient (Wildman–Crippen LogP) is 4.24. The third-order valence-corrected chi connectivity index (χ3v) is 3.67. The summed E-state index contributed by atoms with van der Waals surface area (Å²) in [6.45, 7) is 4.16. The lowest BCUT2D eigenvalue weighted by Crippen LogP contribution is -1.97. The molecular formula is C19H17NO4. The second-order valence-corrected chi connectivity index (χ2v) is 5.51. The number of aryl methyl sites for hydroxylation is 2.